The molecule has 5 nitrogen and oxygen atoms in total. The standard InChI is InChI=1S/C15H16N2O3/c1-19-10-5-6-11(13(7-10)20-2)12-8-14(18)17-15(16-12)9-3-4-9/h5-9H,3-4H2,1-2H3,(H,16,17,18). The molecule has 1 aromatic carbocycles. The number of nitrogens with zero attached hydrogens (tertiary/aromatic N) is 1. The molecule has 3 rings (SSSR count). The maximum absolute atomic E-state index is 11.8. The second-order valence-electron chi connectivity index (χ2n) is 4.86. The summed E-state index contributed by atoms with van der Waals surface area (Å²) in [5, 5.41) is 0. The van der Waals surface area contributed by atoms with Crippen molar-refractivity contribution in [2.24, 2.45) is 0 Å². The van der Waals surface area contributed by atoms with Crippen LogP contribution in [0.3, 0.4) is 0 Å². The molecule has 20 heavy (non-hydrogen) atoms. The molecule has 0 unspecified atom stereocenters. The first-order chi connectivity index (χ1) is 9.71. The topological polar surface area (TPSA) is 64.2 Å². The molecule has 2 aromatic rings. The van der Waals surface area contributed by atoms with Crippen molar-refractivity contribution < 1.29 is 9.47 Å². The fourth-order valence-electron chi connectivity index (χ4n) is 2.17. The van der Waals surface area contributed by atoms with Crippen molar-refractivity contribution in [3.8, 4) is 22.8 Å². The lowest BCUT2D eigenvalue weighted by molar-refractivity contribution is 0.395. The van der Waals surface area contributed by atoms with E-state index in [2.05, 4.69) is 9.97 Å². The van der Waals surface area contributed by atoms with Gasteiger partial charge in [-0.15, -0.1) is 0 Å². The Labute approximate surface area is 116 Å². The highest BCUT2D eigenvalue weighted by Crippen LogP contribution is 2.39. The van der Waals surface area contributed by atoms with E-state index in [1.807, 2.05) is 12.1 Å². The minimum absolute atomic E-state index is 0.130. The van der Waals surface area contributed by atoms with E-state index in [0.717, 1.165) is 24.2 Å². The van der Waals surface area contributed by atoms with Crippen molar-refractivity contribution in [3.63, 3.8) is 0 Å². The van der Waals surface area contributed by atoms with E-state index in [-0.39, 0.29) is 5.56 Å². The molecule has 0 bridgehead atoms. The Balaban J connectivity index is 2.10. The number of hydrogen-bond acceptors (Lipinski definition) is 4. The number of ether oxygens (including phenoxy) is 2. The molecular formula is C15H16N2O3. The Kier molecular flexibility index (Phi) is 3.18. The number of hydrogen-bond donors (Lipinski definition) is 1. The van der Waals surface area contributed by atoms with Gasteiger partial charge in [-0.3, -0.25) is 4.79 Å². The van der Waals surface area contributed by atoms with Gasteiger partial charge in [-0.1, -0.05) is 0 Å². The summed E-state index contributed by atoms with van der Waals surface area (Å²) in [5.41, 5.74) is 1.30. The monoisotopic (exact) mass is 272 g/mol. The Morgan fingerprint density at radius 1 is 1.20 bits per heavy atom. The maximum atomic E-state index is 11.8. The van der Waals surface area contributed by atoms with Crippen LogP contribution in [0.5, 0.6) is 11.5 Å². The van der Waals surface area contributed by atoms with Crippen LogP contribution in [-0.4, -0.2) is 24.2 Å². The summed E-state index contributed by atoms with van der Waals surface area (Å²) in [5.74, 6) is 2.51. The quantitative estimate of drug-likeness (QED) is 0.927. The minimum atomic E-state index is -0.130. The van der Waals surface area contributed by atoms with Gasteiger partial charge >= 0.3 is 0 Å². The van der Waals surface area contributed by atoms with Gasteiger partial charge in [0.1, 0.15) is 17.3 Å². The molecule has 1 aliphatic rings. The van der Waals surface area contributed by atoms with Crippen molar-refractivity contribution in [2.75, 3.05) is 14.2 Å². The molecule has 0 amide bonds. The molecule has 1 heterocycles. The Hall–Kier alpha value is -2.30. The van der Waals surface area contributed by atoms with Crippen LogP contribution in [0.25, 0.3) is 11.3 Å². The number of methoxy groups -OCH3 is 2. The van der Waals surface area contributed by atoms with E-state index in [4.69, 9.17) is 9.47 Å². The van der Waals surface area contributed by atoms with Crippen molar-refractivity contribution in [1.29, 1.82) is 0 Å². The van der Waals surface area contributed by atoms with Crippen molar-refractivity contribution in [3.05, 3.63) is 40.4 Å². The maximum Gasteiger partial charge on any atom is 0.251 e. The van der Waals surface area contributed by atoms with Gasteiger partial charge in [0, 0.05) is 23.6 Å². The Morgan fingerprint density at radius 3 is 2.65 bits per heavy atom. The van der Waals surface area contributed by atoms with Gasteiger partial charge in [0.2, 0.25) is 0 Å². The molecule has 5 heteroatoms. The van der Waals surface area contributed by atoms with Gasteiger partial charge in [0.05, 0.1) is 19.9 Å². The highest BCUT2D eigenvalue weighted by atomic mass is 16.5. The number of nitrogens with one attached hydrogen (secondary N) is 1. The summed E-state index contributed by atoms with van der Waals surface area (Å²) < 4.78 is 10.5. The first kappa shape index (κ1) is 12.7. The lowest BCUT2D eigenvalue weighted by Gasteiger charge is -2.10. The summed E-state index contributed by atoms with van der Waals surface area (Å²) in [6, 6.07) is 6.97. The Morgan fingerprint density at radius 2 is 2.00 bits per heavy atom. The van der Waals surface area contributed by atoms with Gasteiger partial charge in [0.15, 0.2) is 0 Å². The Bertz CT molecular complexity index is 690. The van der Waals surface area contributed by atoms with E-state index in [0.29, 0.717) is 23.1 Å². The average molecular weight is 272 g/mol. The molecule has 1 saturated carbocycles. The SMILES string of the molecule is COc1ccc(-c2cc(=O)[nH]c(C3CC3)n2)c(OC)c1. The minimum Gasteiger partial charge on any atom is -0.497 e. The van der Waals surface area contributed by atoms with Crippen LogP contribution in [0.15, 0.2) is 29.1 Å². The third-order valence-electron chi connectivity index (χ3n) is 3.41. The van der Waals surface area contributed by atoms with Crippen molar-refractivity contribution >= 4 is 0 Å². The summed E-state index contributed by atoms with van der Waals surface area (Å²) in [4.78, 5) is 19.1. The largest absolute Gasteiger partial charge is 0.497 e. The van der Waals surface area contributed by atoms with Crippen LogP contribution in [-0.2, 0) is 0 Å². The van der Waals surface area contributed by atoms with E-state index >= 15 is 0 Å². The zero-order valence-electron chi connectivity index (χ0n) is 11.5. The van der Waals surface area contributed by atoms with Gasteiger partial charge in [-0.2, -0.15) is 0 Å². The fourth-order valence-corrected chi connectivity index (χ4v) is 2.17. The first-order valence-corrected chi connectivity index (χ1v) is 6.55. The van der Waals surface area contributed by atoms with Crippen LogP contribution in [0, 0.1) is 0 Å². The van der Waals surface area contributed by atoms with Gasteiger partial charge in [-0.05, 0) is 25.0 Å². The zero-order chi connectivity index (χ0) is 14.1. The molecule has 1 aliphatic carbocycles. The molecule has 1 fully saturated rings. The second kappa shape index (κ2) is 5.00. The third kappa shape index (κ3) is 2.39. The van der Waals surface area contributed by atoms with E-state index in [9.17, 15) is 4.79 Å². The van der Waals surface area contributed by atoms with Crippen LogP contribution in [0.2, 0.25) is 0 Å². The van der Waals surface area contributed by atoms with Crippen LogP contribution in [0.4, 0.5) is 0 Å². The highest BCUT2D eigenvalue weighted by Gasteiger charge is 2.26. The molecule has 1 aromatic heterocycles. The number of H-pyrrole nitrogens is 1. The predicted octanol–water partition coefficient (Wildman–Crippen LogP) is 2.33. The molecule has 0 spiro atoms. The van der Waals surface area contributed by atoms with E-state index in [1.165, 1.54) is 6.07 Å². The summed E-state index contributed by atoms with van der Waals surface area (Å²) in [6.07, 6.45) is 2.18. The van der Waals surface area contributed by atoms with Gasteiger partial charge in [-0.25, -0.2) is 4.98 Å². The molecule has 104 valence electrons. The lowest BCUT2D eigenvalue weighted by atomic mass is 10.1. The molecule has 0 atom stereocenters. The van der Waals surface area contributed by atoms with Crippen LogP contribution in [0.1, 0.15) is 24.6 Å². The number of benzene rings is 1. The molecule has 0 radical (unpaired) electrons. The molecular weight excluding hydrogens is 256 g/mol. The number of rotatable bonds is 4. The summed E-state index contributed by atoms with van der Waals surface area (Å²) in [6.45, 7) is 0. The smallest absolute Gasteiger partial charge is 0.251 e. The van der Waals surface area contributed by atoms with Crippen molar-refractivity contribution in [1.82, 2.24) is 9.97 Å². The third-order valence-corrected chi connectivity index (χ3v) is 3.41. The molecule has 1 N–H and O–H groups in total. The first-order valence-electron chi connectivity index (χ1n) is 6.55. The second-order valence-corrected chi connectivity index (χ2v) is 4.86. The number of aromatic amines is 1. The van der Waals surface area contributed by atoms with E-state index < -0.39 is 0 Å². The molecule has 0 aliphatic heterocycles. The van der Waals surface area contributed by atoms with Gasteiger partial charge in [0.25, 0.3) is 5.56 Å². The highest BCUT2D eigenvalue weighted by molar-refractivity contribution is 5.68. The summed E-state index contributed by atoms with van der Waals surface area (Å²) >= 11 is 0. The predicted molar refractivity (Wildman–Crippen MR) is 75.4 cm³/mol. The lowest BCUT2D eigenvalue weighted by Crippen LogP contribution is -2.10. The molecule has 0 saturated heterocycles. The van der Waals surface area contributed by atoms with Crippen molar-refractivity contribution in [2.45, 2.75) is 18.8 Å². The zero-order valence-corrected chi connectivity index (χ0v) is 11.5. The van der Waals surface area contributed by atoms with Crippen LogP contribution < -0.4 is 15.0 Å². The van der Waals surface area contributed by atoms with Crippen LogP contribution >= 0.6 is 0 Å². The fraction of sp³-hybridized carbons (Fsp3) is 0.333. The van der Waals surface area contributed by atoms with Gasteiger partial charge < -0.3 is 14.5 Å². The average Bonchev–Trinajstić information content (AvgIpc) is 3.30. The number of aromatic nitrogens is 2. The normalized spacial score (nSPS) is 14.1. The summed E-state index contributed by atoms with van der Waals surface area (Å²) in [7, 11) is 3.19. The van der Waals surface area contributed by atoms with E-state index in [1.54, 1.807) is 20.3 Å².